The molecule has 0 saturated heterocycles. The minimum Gasteiger partial charge on any atom is -0.384 e. The molecule has 0 radical (unpaired) electrons. The Morgan fingerprint density at radius 3 is 2.57 bits per heavy atom. The molecule has 0 aliphatic heterocycles. The number of rotatable bonds is 11. The molecule has 3 aromatic carbocycles. The Kier molecular flexibility index (Phi) is 7.29. The van der Waals surface area contributed by atoms with E-state index in [0.717, 1.165) is 45.5 Å². The van der Waals surface area contributed by atoms with Crippen LogP contribution in [0.1, 0.15) is 5.56 Å². The smallest absolute Gasteiger partial charge is 0.148 e. The molecule has 5 rings (SSSR count). The molecule has 0 aliphatic rings. The lowest BCUT2D eigenvalue weighted by Gasteiger charge is -2.11. The van der Waals surface area contributed by atoms with Gasteiger partial charge in [0.1, 0.15) is 22.0 Å². The van der Waals surface area contributed by atoms with Gasteiger partial charge in [0, 0.05) is 48.0 Å². The molecule has 5 aromatic rings. The van der Waals surface area contributed by atoms with Crippen LogP contribution >= 0.6 is 0 Å². The summed E-state index contributed by atoms with van der Waals surface area (Å²) in [5.41, 5.74) is 4.97. The number of nitrogens with one attached hydrogen (secondary N) is 3. The third-order valence-corrected chi connectivity index (χ3v) is 6.94. The van der Waals surface area contributed by atoms with Crippen LogP contribution in [-0.2, 0) is 16.4 Å². The average molecular weight is 516 g/mol. The topological polar surface area (TPSA) is 114 Å². The Morgan fingerprint density at radius 2 is 1.73 bits per heavy atom. The average Bonchev–Trinajstić information content (AvgIpc) is 3.28. The molecule has 0 spiro atoms. The normalized spacial score (nSPS) is 11.7. The van der Waals surface area contributed by atoms with Crippen LogP contribution < -0.4 is 16.0 Å². The highest BCUT2D eigenvalue weighted by atomic mass is 32.2. The van der Waals surface area contributed by atoms with Crippen molar-refractivity contribution in [1.29, 1.82) is 0 Å². The zero-order valence-electron chi connectivity index (χ0n) is 20.6. The molecule has 37 heavy (non-hydrogen) atoms. The highest BCUT2D eigenvalue weighted by molar-refractivity contribution is 7.90. The van der Waals surface area contributed by atoms with Gasteiger partial charge in [-0.15, -0.1) is 0 Å². The lowest BCUT2D eigenvalue weighted by Crippen LogP contribution is -2.27. The van der Waals surface area contributed by atoms with Crippen molar-refractivity contribution in [2.75, 3.05) is 42.3 Å². The summed E-state index contributed by atoms with van der Waals surface area (Å²) in [6, 6.07) is 22.4. The first-order chi connectivity index (χ1) is 17.9. The van der Waals surface area contributed by atoms with Crippen LogP contribution in [0.15, 0.2) is 79.3 Å². The maximum Gasteiger partial charge on any atom is 0.148 e. The second-order valence-electron chi connectivity index (χ2n) is 8.95. The van der Waals surface area contributed by atoms with E-state index in [0.29, 0.717) is 19.6 Å². The molecule has 0 saturated carbocycles. The summed E-state index contributed by atoms with van der Waals surface area (Å²) in [6.07, 6.45) is 4.68. The maximum absolute atomic E-state index is 11.2. The van der Waals surface area contributed by atoms with Gasteiger partial charge in [-0.25, -0.2) is 18.4 Å². The van der Waals surface area contributed by atoms with Gasteiger partial charge in [-0.2, -0.15) is 5.10 Å². The van der Waals surface area contributed by atoms with Crippen LogP contribution in [0.4, 0.5) is 17.2 Å². The fraction of sp³-hybridized carbons (Fsp3) is 0.222. The van der Waals surface area contributed by atoms with Crippen LogP contribution in [-0.4, -0.2) is 59.8 Å². The summed E-state index contributed by atoms with van der Waals surface area (Å²) >= 11 is 0. The summed E-state index contributed by atoms with van der Waals surface area (Å²) in [5.74, 6) is 0.869. The molecular formula is C27H29N7O2S. The molecule has 10 heteroatoms. The van der Waals surface area contributed by atoms with Gasteiger partial charge in [0.25, 0.3) is 0 Å². The number of anilines is 3. The fourth-order valence-electron chi connectivity index (χ4n) is 4.13. The fourth-order valence-corrected chi connectivity index (χ4v) is 4.64. The van der Waals surface area contributed by atoms with Crippen molar-refractivity contribution in [3.8, 4) is 0 Å². The minimum absolute atomic E-state index is 0.138. The molecule has 0 bridgehead atoms. The maximum atomic E-state index is 11.2. The van der Waals surface area contributed by atoms with E-state index in [2.05, 4.69) is 55.3 Å². The highest BCUT2D eigenvalue weighted by Crippen LogP contribution is 2.27. The largest absolute Gasteiger partial charge is 0.384 e. The number of hydrogen-bond donors (Lipinski definition) is 3. The number of hydrogen-bond acceptors (Lipinski definition) is 8. The molecule has 0 amide bonds. The van der Waals surface area contributed by atoms with E-state index < -0.39 is 9.84 Å². The van der Waals surface area contributed by atoms with Gasteiger partial charge in [0.2, 0.25) is 0 Å². The van der Waals surface area contributed by atoms with Crippen LogP contribution in [0.3, 0.4) is 0 Å². The lowest BCUT2D eigenvalue weighted by molar-refractivity contribution is 0.597. The molecular weight excluding hydrogens is 486 g/mol. The van der Waals surface area contributed by atoms with Crippen molar-refractivity contribution >= 4 is 48.8 Å². The first-order valence-corrected chi connectivity index (χ1v) is 14.1. The van der Waals surface area contributed by atoms with Gasteiger partial charge in [-0.05, 0) is 42.0 Å². The van der Waals surface area contributed by atoms with E-state index in [9.17, 15) is 8.42 Å². The molecule has 2 heterocycles. The van der Waals surface area contributed by atoms with Crippen LogP contribution in [0.25, 0.3) is 21.8 Å². The highest BCUT2D eigenvalue weighted by Gasteiger charge is 2.08. The van der Waals surface area contributed by atoms with E-state index in [1.165, 1.54) is 11.8 Å². The second-order valence-corrected chi connectivity index (χ2v) is 11.2. The van der Waals surface area contributed by atoms with E-state index in [1.54, 1.807) is 6.33 Å². The van der Waals surface area contributed by atoms with Crippen LogP contribution in [0.2, 0.25) is 0 Å². The summed E-state index contributed by atoms with van der Waals surface area (Å²) in [7, 11) is -2.94. The first kappa shape index (κ1) is 24.7. The molecule has 0 atom stereocenters. The Hall–Kier alpha value is -4.02. The number of fused-ring (bicyclic) bond motifs is 2. The van der Waals surface area contributed by atoms with Crippen molar-refractivity contribution in [3.05, 3.63) is 84.8 Å². The van der Waals surface area contributed by atoms with E-state index in [-0.39, 0.29) is 5.75 Å². The van der Waals surface area contributed by atoms with Crippen molar-refractivity contribution < 1.29 is 8.42 Å². The summed E-state index contributed by atoms with van der Waals surface area (Å²) < 4.78 is 24.4. The monoisotopic (exact) mass is 515 g/mol. The summed E-state index contributed by atoms with van der Waals surface area (Å²) in [5, 5.41) is 16.4. The molecule has 0 unspecified atom stereocenters. The summed E-state index contributed by atoms with van der Waals surface area (Å²) in [4.78, 5) is 8.90. The Morgan fingerprint density at radius 1 is 0.892 bits per heavy atom. The molecule has 0 fully saturated rings. The summed E-state index contributed by atoms with van der Waals surface area (Å²) in [6.45, 7) is 2.50. The predicted molar refractivity (Wildman–Crippen MR) is 149 cm³/mol. The zero-order chi connectivity index (χ0) is 25.7. The number of benzene rings is 3. The van der Waals surface area contributed by atoms with Gasteiger partial charge < -0.3 is 16.0 Å². The zero-order valence-corrected chi connectivity index (χ0v) is 21.4. The standard InChI is InChI=1S/C27H29N7O2S/c1-37(35,36)14-13-28-11-12-29-22-7-9-24-25(16-22)30-19-31-27(24)33-23-8-10-26-21(15-23)17-32-34(26)18-20-5-3-2-4-6-20/h2-10,15-17,19,28-29H,11-14,18H2,1H3,(H,30,31,33). The second kappa shape index (κ2) is 10.9. The van der Waals surface area contributed by atoms with Crippen molar-refractivity contribution in [2.45, 2.75) is 6.54 Å². The predicted octanol–water partition coefficient (Wildman–Crippen LogP) is 3.82. The third-order valence-electron chi connectivity index (χ3n) is 6.00. The van der Waals surface area contributed by atoms with Gasteiger partial charge >= 0.3 is 0 Å². The molecule has 9 nitrogen and oxygen atoms in total. The van der Waals surface area contributed by atoms with E-state index >= 15 is 0 Å². The molecule has 3 N–H and O–H groups in total. The SMILES string of the molecule is CS(=O)(=O)CCNCCNc1ccc2c(Nc3ccc4c(cnn4Cc4ccccc4)c3)ncnc2c1. The first-order valence-electron chi connectivity index (χ1n) is 12.1. The molecule has 0 aliphatic carbocycles. The Bertz CT molecular complexity index is 1620. The van der Waals surface area contributed by atoms with E-state index in [1.807, 2.05) is 53.3 Å². The van der Waals surface area contributed by atoms with Crippen LogP contribution in [0, 0.1) is 0 Å². The Labute approximate surface area is 215 Å². The van der Waals surface area contributed by atoms with E-state index in [4.69, 9.17) is 0 Å². The quantitative estimate of drug-likeness (QED) is 0.228. The number of aromatic nitrogens is 4. The van der Waals surface area contributed by atoms with Crippen LogP contribution in [0.5, 0.6) is 0 Å². The third kappa shape index (κ3) is 6.41. The number of sulfone groups is 1. The molecule has 2 aromatic heterocycles. The van der Waals surface area contributed by atoms with Crippen molar-refractivity contribution in [1.82, 2.24) is 25.1 Å². The van der Waals surface area contributed by atoms with Crippen molar-refractivity contribution in [3.63, 3.8) is 0 Å². The van der Waals surface area contributed by atoms with Gasteiger partial charge in [-0.1, -0.05) is 30.3 Å². The van der Waals surface area contributed by atoms with Crippen molar-refractivity contribution in [2.24, 2.45) is 0 Å². The number of nitrogens with zero attached hydrogens (tertiary/aromatic N) is 4. The minimum atomic E-state index is -2.94. The van der Waals surface area contributed by atoms with Gasteiger partial charge in [0.05, 0.1) is 29.5 Å². The van der Waals surface area contributed by atoms with Gasteiger partial charge in [0.15, 0.2) is 0 Å². The Balaban J connectivity index is 1.24. The van der Waals surface area contributed by atoms with Gasteiger partial charge in [-0.3, -0.25) is 4.68 Å². The molecule has 190 valence electrons. The lowest BCUT2D eigenvalue weighted by atomic mass is 10.2.